The number of halogens is 1. The summed E-state index contributed by atoms with van der Waals surface area (Å²) in [5.74, 6) is 0.357. The molecule has 1 aromatic rings. The summed E-state index contributed by atoms with van der Waals surface area (Å²) >= 11 is 6.14. The molecule has 2 nitrogen and oxygen atoms in total. The zero-order valence-electron chi connectivity index (χ0n) is 8.13. The van der Waals surface area contributed by atoms with E-state index in [9.17, 15) is 5.11 Å². The Bertz CT molecular complexity index is 340. The number of aliphatic hydroxyl groups excluding tert-OH is 1. The molecule has 0 bridgehead atoms. The molecule has 0 amide bonds. The molecule has 0 aliphatic carbocycles. The fourth-order valence-corrected chi connectivity index (χ4v) is 2.38. The summed E-state index contributed by atoms with van der Waals surface area (Å²) in [5.41, 5.74) is 2.06. The normalized spacial score (nSPS) is 26.8. The van der Waals surface area contributed by atoms with Crippen molar-refractivity contribution in [1.29, 1.82) is 0 Å². The first-order valence-electron chi connectivity index (χ1n) is 4.87. The van der Waals surface area contributed by atoms with Gasteiger partial charge in [-0.25, -0.2) is 0 Å². The number of aliphatic hydroxyl groups is 1. The SMILES string of the molecule is CC1CNCC(O)c2cccc(Cl)c21. The smallest absolute Gasteiger partial charge is 0.0917 e. The van der Waals surface area contributed by atoms with Crippen molar-refractivity contribution in [3.63, 3.8) is 0 Å². The molecular weight excluding hydrogens is 198 g/mol. The van der Waals surface area contributed by atoms with Crippen LogP contribution < -0.4 is 5.32 Å². The first kappa shape index (κ1) is 9.97. The van der Waals surface area contributed by atoms with Crippen LogP contribution in [0.15, 0.2) is 18.2 Å². The number of hydrogen-bond donors (Lipinski definition) is 2. The van der Waals surface area contributed by atoms with Crippen LogP contribution in [0.4, 0.5) is 0 Å². The summed E-state index contributed by atoms with van der Waals surface area (Å²) in [6.45, 7) is 3.60. The van der Waals surface area contributed by atoms with E-state index in [1.54, 1.807) is 0 Å². The molecule has 14 heavy (non-hydrogen) atoms. The number of rotatable bonds is 0. The third-order valence-electron chi connectivity index (χ3n) is 2.73. The van der Waals surface area contributed by atoms with Crippen molar-refractivity contribution in [3.05, 3.63) is 34.3 Å². The summed E-state index contributed by atoms with van der Waals surface area (Å²) < 4.78 is 0. The van der Waals surface area contributed by atoms with Gasteiger partial charge in [-0.15, -0.1) is 0 Å². The molecule has 2 unspecified atom stereocenters. The second kappa shape index (κ2) is 3.89. The molecule has 0 saturated heterocycles. The molecule has 2 rings (SSSR count). The predicted octanol–water partition coefficient (Wildman–Crippen LogP) is 2.08. The molecule has 0 radical (unpaired) electrons. The Hall–Kier alpha value is -0.570. The maximum absolute atomic E-state index is 9.86. The number of fused-ring (bicyclic) bond motifs is 1. The van der Waals surface area contributed by atoms with Crippen molar-refractivity contribution in [2.45, 2.75) is 18.9 Å². The highest BCUT2D eigenvalue weighted by Gasteiger charge is 2.22. The van der Waals surface area contributed by atoms with Crippen LogP contribution in [0, 0.1) is 0 Å². The van der Waals surface area contributed by atoms with Crippen molar-refractivity contribution < 1.29 is 5.11 Å². The molecule has 0 saturated carbocycles. The van der Waals surface area contributed by atoms with Crippen molar-refractivity contribution in [2.24, 2.45) is 0 Å². The van der Waals surface area contributed by atoms with Gasteiger partial charge in [-0.2, -0.15) is 0 Å². The van der Waals surface area contributed by atoms with Crippen LogP contribution in [-0.4, -0.2) is 18.2 Å². The number of benzene rings is 1. The van der Waals surface area contributed by atoms with Crippen molar-refractivity contribution in [2.75, 3.05) is 13.1 Å². The Balaban J connectivity index is 2.54. The standard InChI is InChI=1S/C11H14ClNO/c1-7-5-13-6-10(14)8-3-2-4-9(12)11(7)8/h2-4,7,10,13-14H,5-6H2,1H3. The van der Waals surface area contributed by atoms with Crippen molar-refractivity contribution >= 4 is 11.6 Å². The van der Waals surface area contributed by atoms with Gasteiger partial charge < -0.3 is 10.4 Å². The average Bonchev–Trinajstić information content (AvgIpc) is 2.29. The Morgan fingerprint density at radius 3 is 3.00 bits per heavy atom. The van der Waals surface area contributed by atoms with Crippen LogP contribution in [-0.2, 0) is 0 Å². The maximum Gasteiger partial charge on any atom is 0.0917 e. The molecule has 0 spiro atoms. The van der Waals surface area contributed by atoms with E-state index < -0.39 is 6.10 Å². The lowest BCUT2D eigenvalue weighted by molar-refractivity contribution is 0.178. The second-order valence-corrected chi connectivity index (χ2v) is 4.23. The molecule has 2 N–H and O–H groups in total. The molecular formula is C11H14ClNO. The average molecular weight is 212 g/mol. The molecule has 1 aromatic carbocycles. The highest BCUT2D eigenvalue weighted by molar-refractivity contribution is 6.31. The van der Waals surface area contributed by atoms with E-state index in [4.69, 9.17) is 11.6 Å². The fourth-order valence-electron chi connectivity index (χ4n) is 2.01. The van der Waals surface area contributed by atoms with E-state index >= 15 is 0 Å². The minimum Gasteiger partial charge on any atom is -0.387 e. The quantitative estimate of drug-likeness (QED) is 0.689. The van der Waals surface area contributed by atoms with Crippen LogP contribution in [0.2, 0.25) is 5.02 Å². The zero-order chi connectivity index (χ0) is 10.1. The Kier molecular flexibility index (Phi) is 2.77. The van der Waals surface area contributed by atoms with Crippen LogP contribution in [0.5, 0.6) is 0 Å². The minimum atomic E-state index is -0.436. The summed E-state index contributed by atoms with van der Waals surface area (Å²) in [6, 6.07) is 5.73. The van der Waals surface area contributed by atoms with Crippen LogP contribution in [0.1, 0.15) is 30.1 Å². The van der Waals surface area contributed by atoms with Gasteiger partial charge in [-0.3, -0.25) is 0 Å². The van der Waals surface area contributed by atoms with Gasteiger partial charge in [-0.1, -0.05) is 30.7 Å². The van der Waals surface area contributed by atoms with E-state index in [1.165, 1.54) is 0 Å². The summed E-state index contributed by atoms with van der Waals surface area (Å²) in [7, 11) is 0. The second-order valence-electron chi connectivity index (χ2n) is 3.82. The summed E-state index contributed by atoms with van der Waals surface area (Å²) in [6.07, 6.45) is -0.436. The largest absolute Gasteiger partial charge is 0.387 e. The molecule has 3 heteroatoms. The van der Waals surface area contributed by atoms with Crippen LogP contribution in [0.25, 0.3) is 0 Å². The lowest BCUT2D eigenvalue weighted by Gasteiger charge is -2.15. The Morgan fingerprint density at radius 2 is 2.21 bits per heavy atom. The van der Waals surface area contributed by atoms with Crippen molar-refractivity contribution in [1.82, 2.24) is 5.32 Å². The first-order valence-corrected chi connectivity index (χ1v) is 5.25. The topological polar surface area (TPSA) is 32.3 Å². The molecule has 1 aliphatic heterocycles. The van der Waals surface area contributed by atoms with Gasteiger partial charge in [0.1, 0.15) is 0 Å². The highest BCUT2D eigenvalue weighted by atomic mass is 35.5. The molecule has 1 heterocycles. The monoisotopic (exact) mass is 211 g/mol. The van der Waals surface area contributed by atoms with Gasteiger partial charge in [-0.05, 0) is 23.1 Å². The predicted molar refractivity (Wildman–Crippen MR) is 57.7 cm³/mol. The summed E-state index contributed by atoms with van der Waals surface area (Å²) in [4.78, 5) is 0. The molecule has 1 aliphatic rings. The van der Waals surface area contributed by atoms with E-state index in [0.29, 0.717) is 12.5 Å². The fraction of sp³-hybridized carbons (Fsp3) is 0.455. The number of hydrogen-bond acceptors (Lipinski definition) is 2. The maximum atomic E-state index is 9.86. The summed E-state index contributed by atoms with van der Waals surface area (Å²) in [5, 5.41) is 13.8. The molecule has 0 aromatic heterocycles. The van der Waals surface area contributed by atoms with Crippen molar-refractivity contribution in [3.8, 4) is 0 Å². The van der Waals surface area contributed by atoms with E-state index in [0.717, 1.165) is 22.7 Å². The number of nitrogens with one attached hydrogen (secondary N) is 1. The molecule has 76 valence electrons. The van der Waals surface area contributed by atoms with E-state index in [-0.39, 0.29) is 0 Å². The lowest BCUT2D eigenvalue weighted by atomic mass is 9.94. The third kappa shape index (κ3) is 1.65. The molecule has 2 atom stereocenters. The van der Waals surface area contributed by atoms with Gasteiger partial charge in [0.25, 0.3) is 0 Å². The van der Waals surface area contributed by atoms with E-state index in [2.05, 4.69) is 12.2 Å². The van der Waals surface area contributed by atoms with Gasteiger partial charge in [0.15, 0.2) is 0 Å². The van der Waals surface area contributed by atoms with Crippen LogP contribution in [0.3, 0.4) is 0 Å². The number of β-amino-alcohol motifs (C(OH)–C–C–N with tert-alkyl or cyclic N) is 1. The Labute approximate surface area is 88.9 Å². The lowest BCUT2D eigenvalue weighted by Crippen LogP contribution is -2.21. The van der Waals surface area contributed by atoms with Gasteiger partial charge >= 0.3 is 0 Å². The highest BCUT2D eigenvalue weighted by Crippen LogP contribution is 2.32. The first-order chi connectivity index (χ1) is 6.70. The Morgan fingerprint density at radius 1 is 1.43 bits per heavy atom. The van der Waals surface area contributed by atoms with E-state index in [1.807, 2.05) is 18.2 Å². The van der Waals surface area contributed by atoms with Crippen LogP contribution >= 0.6 is 11.6 Å². The third-order valence-corrected chi connectivity index (χ3v) is 3.06. The molecule has 0 fully saturated rings. The zero-order valence-corrected chi connectivity index (χ0v) is 8.88. The van der Waals surface area contributed by atoms with Gasteiger partial charge in [0, 0.05) is 18.1 Å². The van der Waals surface area contributed by atoms with Gasteiger partial charge in [0.05, 0.1) is 6.10 Å². The minimum absolute atomic E-state index is 0.357. The van der Waals surface area contributed by atoms with Gasteiger partial charge in [0.2, 0.25) is 0 Å².